The van der Waals surface area contributed by atoms with E-state index in [1.807, 2.05) is 46.2 Å². The van der Waals surface area contributed by atoms with Gasteiger partial charge in [0, 0.05) is 18.9 Å². The highest BCUT2D eigenvalue weighted by Gasteiger charge is 2.51. The average molecular weight is 426 g/mol. The number of rotatable bonds is 3. The monoisotopic (exact) mass is 426 g/mol. The average Bonchev–Trinajstić information content (AvgIpc) is 3.08. The Bertz CT molecular complexity index is 1230. The van der Waals surface area contributed by atoms with E-state index >= 15 is 0 Å². The van der Waals surface area contributed by atoms with Gasteiger partial charge in [0.25, 0.3) is 0 Å². The Kier molecular flexibility index (Phi) is 4.69. The van der Waals surface area contributed by atoms with Crippen molar-refractivity contribution >= 4 is 33.5 Å². The Morgan fingerprint density at radius 2 is 1.57 bits per heavy atom. The first kappa shape index (κ1) is 21.1. The first-order chi connectivity index (χ1) is 13.8. The van der Waals surface area contributed by atoms with Gasteiger partial charge >= 0.3 is 7.12 Å². The Labute approximate surface area is 178 Å². The number of fused-ring (bicyclic) bond motifs is 1. The van der Waals surface area contributed by atoms with E-state index in [-0.39, 0.29) is 0 Å². The predicted molar refractivity (Wildman–Crippen MR) is 120 cm³/mol. The van der Waals surface area contributed by atoms with Gasteiger partial charge in [-0.05, 0) is 76.0 Å². The van der Waals surface area contributed by atoms with E-state index < -0.39 is 28.2 Å². The van der Waals surface area contributed by atoms with Crippen LogP contribution in [0.4, 0.5) is 0 Å². The highest BCUT2D eigenvalue weighted by atomic mass is 32.2. The lowest BCUT2D eigenvalue weighted by Gasteiger charge is -2.32. The molecular formula is C22H27BN2O4S. The molecule has 4 rings (SSSR count). The van der Waals surface area contributed by atoms with Gasteiger partial charge in [0.05, 0.1) is 27.1 Å². The molecule has 0 spiro atoms. The second-order valence-corrected chi connectivity index (χ2v) is 11.1. The summed E-state index contributed by atoms with van der Waals surface area (Å²) in [6, 6.07) is 10.9. The van der Waals surface area contributed by atoms with Crippen LogP contribution in [0.2, 0.25) is 0 Å². The van der Waals surface area contributed by atoms with Crippen molar-refractivity contribution in [3.05, 3.63) is 42.0 Å². The zero-order chi connectivity index (χ0) is 22.1. The molecule has 0 atom stereocenters. The second-order valence-electron chi connectivity index (χ2n) is 9.08. The molecule has 0 N–H and O–H groups in total. The van der Waals surface area contributed by atoms with Crippen molar-refractivity contribution in [2.24, 2.45) is 7.05 Å². The number of aromatic nitrogens is 2. The first-order valence-electron chi connectivity index (χ1n) is 9.93. The van der Waals surface area contributed by atoms with Crippen LogP contribution in [0.3, 0.4) is 0 Å². The maximum Gasteiger partial charge on any atom is 0.494 e. The summed E-state index contributed by atoms with van der Waals surface area (Å²) in [7, 11) is -1.71. The second kappa shape index (κ2) is 6.67. The van der Waals surface area contributed by atoms with E-state index in [2.05, 4.69) is 12.1 Å². The van der Waals surface area contributed by atoms with Crippen LogP contribution in [-0.4, -0.2) is 42.5 Å². The molecule has 30 heavy (non-hydrogen) atoms. The van der Waals surface area contributed by atoms with E-state index in [4.69, 9.17) is 14.3 Å². The summed E-state index contributed by atoms with van der Waals surface area (Å²) < 4.78 is 38.0. The lowest BCUT2D eigenvalue weighted by Crippen LogP contribution is -2.41. The molecule has 158 valence electrons. The third kappa shape index (κ3) is 3.37. The van der Waals surface area contributed by atoms with Gasteiger partial charge < -0.3 is 13.9 Å². The minimum atomic E-state index is -3.23. The normalized spacial score (nSPS) is 18.3. The van der Waals surface area contributed by atoms with Crippen molar-refractivity contribution in [1.29, 1.82) is 0 Å². The number of benzene rings is 2. The molecule has 0 radical (unpaired) electrons. The van der Waals surface area contributed by atoms with E-state index in [1.54, 1.807) is 24.3 Å². The summed E-state index contributed by atoms with van der Waals surface area (Å²) in [6.45, 7) is 10.2. The van der Waals surface area contributed by atoms with Gasteiger partial charge in [-0.2, -0.15) is 0 Å². The highest BCUT2D eigenvalue weighted by Crippen LogP contribution is 2.37. The molecule has 3 aromatic rings. The Hall–Kier alpha value is -2.16. The van der Waals surface area contributed by atoms with E-state index in [9.17, 15) is 8.42 Å². The molecule has 2 heterocycles. The number of nitrogens with zero attached hydrogens (tertiary/aromatic N) is 2. The molecule has 1 aliphatic rings. The van der Waals surface area contributed by atoms with Crippen LogP contribution in [-0.2, 0) is 26.2 Å². The molecule has 1 aromatic heterocycles. The lowest BCUT2D eigenvalue weighted by molar-refractivity contribution is 0.00578. The summed E-state index contributed by atoms with van der Waals surface area (Å²) in [4.78, 5) is 5.13. The van der Waals surface area contributed by atoms with Crippen LogP contribution in [0.15, 0.2) is 41.3 Å². The molecular weight excluding hydrogens is 399 g/mol. The van der Waals surface area contributed by atoms with Crippen LogP contribution >= 0.6 is 0 Å². The highest BCUT2D eigenvalue weighted by molar-refractivity contribution is 7.90. The van der Waals surface area contributed by atoms with Crippen LogP contribution in [0.25, 0.3) is 22.4 Å². The fourth-order valence-corrected chi connectivity index (χ4v) is 4.34. The van der Waals surface area contributed by atoms with Crippen LogP contribution in [0.1, 0.15) is 33.3 Å². The van der Waals surface area contributed by atoms with Gasteiger partial charge in [-0.25, -0.2) is 13.4 Å². The van der Waals surface area contributed by atoms with E-state index in [0.29, 0.717) is 4.90 Å². The molecule has 0 unspecified atom stereocenters. The number of imidazole rings is 1. The fraction of sp³-hybridized carbons (Fsp3) is 0.409. The third-order valence-electron chi connectivity index (χ3n) is 6.27. The van der Waals surface area contributed by atoms with E-state index in [1.165, 1.54) is 6.26 Å². The topological polar surface area (TPSA) is 70.4 Å². The van der Waals surface area contributed by atoms with E-state index in [0.717, 1.165) is 33.4 Å². The maximum atomic E-state index is 11.7. The number of hydrogen-bond acceptors (Lipinski definition) is 5. The third-order valence-corrected chi connectivity index (χ3v) is 7.39. The number of sulfone groups is 1. The number of hydrogen-bond donors (Lipinski definition) is 0. The summed E-state index contributed by atoms with van der Waals surface area (Å²) in [5, 5.41) is 0. The van der Waals surface area contributed by atoms with Crippen molar-refractivity contribution in [2.75, 3.05) is 6.26 Å². The molecule has 8 heteroatoms. The minimum absolute atomic E-state index is 0.296. The molecule has 1 fully saturated rings. The van der Waals surface area contributed by atoms with Gasteiger partial charge in [-0.1, -0.05) is 6.07 Å². The smallest absolute Gasteiger partial charge is 0.399 e. The summed E-state index contributed by atoms with van der Waals surface area (Å²) in [5.41, 5.74) is 3.92. The maximum absolute atomic E-state index is 11.7. The van der Waals surface area contributed by atoms with Gasteiger partial charge in [-0.3, -0.25) is 0 Å². The molecule has 0 saturated carbocycles. The van der Waals surface area contributed by atoms with Crippen molar-refractivity contribution in [3.8, 4) is 11.4 Å². The van der Waals surface area contributed by atoms with Crippen LogP contribution in [0, 0.1) is 6.92 Å². The molecule has 0 bridgehead atoms. The quantitative estimate of drug-likeness (QED) is 0.602. The lowest BCUT2D eigenvalue weighted by atomic mass is 9.78. The van der Waals surface area contributed by atoms with Gasteiger partial charge in [0.1, 0.15) is 5.82 Å². The Morgan fingerprint density at radius 1 is 1.00 bits per heavy atom. The fourth-order valence-electron chi connectivity index (χ4n) is 3.71. The SMILES string of the molecule is Cc1cc(B2OC(C)(C)C(C)(C)O2)cc2c1nc(-c1ccc(S(C)(=O)=O)cc1)n2C. The molecule has 0 aliphatic carbocycles. The largest absolute Gasteiger partial charge is 0.494 e. The molecule has 0 amide bonds. The number of aryl methyl sites for hydroxylation is 2. The van der Waals surface area contributed by atoms with Crippen LogP contribution < -0.4 is 5.46 Å². The predicted octanol–water partition coefficient (Wildman–Crippen LogP) is 3.25. The zero-order valence-electron chi connectivity index (χ0n) is 18.5. The molecule has 6 nitrogen and oxygen atoms in total. The summed E-state index contributed by atoms with van der Waals surface area (Å²) in [5.74, 6) is 0.777. The first-order valence-corrected chi connectivity index (χ1v) is 11.8. The minimum Gasteiger partial charge on any atom is -0.399 e. The van der Waals surface area contributed by atoms with Crippen molar-refractivity contribution in [3.63, 3.8) is 0 Å². The zero-order valence-corrected chi connectivity index (χ0v) is 19.3. The Morgan fingerprint density at radius 3 is 2.10 bits per heavy atom. The summed E-state index contributed by atoms with van der Waals surface area (Å²) in [6.07, 6.45) is 1.21. The van der Waals surface area contributed by atoms with Gasteiger partial charge in [-0.15, -0.1) is 0 Å². The van der Waals surface area contributed by atoms with Gasteiger partial charge in [0.2, 0.25) is 0 Å². The molecule has 2 aromatic carbocycles. The standard InChI is InChI=1S/C22H27BN2O4S/c1-14-12-16(23-28-21(2,3)22(4,5)29-23)13-18-19(14)24-20(25(18)6)15-8-10-17(11-9-15)30(7,26)27/h8-13H,1-7H3. The van der Waals surface area contributed by atoms with Gasteiger partial charge in [0.15, 0.2) is 9.84 Å². The molecule has 1 aliphatic heterocycles. The van der Waals surface area contributed by atoms with Crippen LogP contribution in [0.5, 0.6) is 0 Å². The molecule has 1 saturated heterocycles. The van der Waals surface area contributed by atoms with Crippen molar-refractivity contribution in [2.45, 2.75) is 50.7 Å². The van der Waals surface area contributed by atoms with Crippen molar-refractivity contribution in [1.82, 2.24) is 9.55 Å². The van der Waals surface area contributed by atoms with Crippen molar-refractivity contribution < 1.29 is 17.7 Å². The summed E-state index contributed by atoms with van der Waals surface area (Å²) >= 11 is 0. The Balaban J connectivity index is 1.78.